The Morgan fingerprint density at radius 1 is 0.903 bits per heavy atom. The molecule has 1 aromatic carbocycles. The molecule has 1 N–H and O–H groups in total. The Morgan fingerprint density at radius 3 is 2.52 bits per heavy atom. The van der Waals surface area contributed by atoms with Crippen molar-refractivity contribution in [1.29, 1.82) is 0 Å². The van der Waals surface area contributed by atoms with Gasteiger partial charge in [0.2, 0.25) is 0 Å². The summed E-state index contributed by atoms with van der Waals surface area (Å²) in [4.78, 5) is 33.9. The molecule has 7 heteroatoms. The summed E-state index contributed by atoms with van der Waals surface area (Å²) in [5, 5.41) is 2.69. The third kappa shape index (κ3) is 5.02. The molecule has 0 saturated heterocycles. The van der Waals surface area contributed by atoms with Crippen LogP contribution in [0, 0.1) is 0 Å². The van der Waals surface area contributed by atoms with Crippen molar-refractivity contribution in [2.75, 3.05) is 5.32 Å². The number of nitrogens with zero attached hydrogens (tertiary/aromatic N) is 3. The number of benzene rings is 1. The van der Waals surface area contributed by atoms with E-state index in [9.17, 15) is 9.59 Å². The Bertz CT molecular complexity index is 1220. The monoisotopic (exact) mass is 412 g/mol. The van der Waals surface area contributed by atoms with Crippen LogP contribution in [0.15, 0.2) is 96.3 Å². The lowest BCUT2D eigenvalue weighted by Gasteiger charge is -2.12. The van der Waals surface area contributed by atoms with Crippen molar-refractivity contribution in [3.8, 4) is 5.75 Å². The minimum atomic E-state index is -0.542. The summed E-state index contributed by atoms with van der Waals surface area (Å²) < 4.78 is 7.31. The third-order valence-electron chi connectivity index (χ3n) is 4.61. The predicted octanol–water partition coefficient (Wildman–Crippen LogP) is 3.52. The Labute approximate surface area is 179 Å². The van der Waals surface area contributed by atoms with Gasteiger partial charge in [0, 0.05) is 24.8 Å². The molecule has 31 heavy (non-hydrogen) atoms. The molecular formula is C24H20N4O3. The van der Waals surface area contributed by atoms with E-state index in [1.165, 1.54) is 10.6 Å². The van der Waals surface area contributed by atoms with Crippen LogP contribution < -0.4 is 15.6 Å². The zero-order chi connectivity index (χ0) is 21.5. The van der Waals surface area contributed by atoms with Gasteiger partial charge in [-0.2, -0.15) is 0 Å². The standard InChI is InChI=1S/C24H20N4O3/c29-23(20-8-5-15-28(24(20)30)16-18-6-2-1-3-7-18)27-22-21(9-4-12-26-22)31-17-19-10-13-25-14-11-19/h1-15H,16-17H2,(H,26,27,29). The van der Waals surface area contributed by atoms with Crippen LogP contribution in [0.2, 0.25) is 0 Å². The molecule has 1 amide bonds. The molecular weight excluding hydrogens is 392 g/mol. The maximum Gasteiger partial charge on any atom is 0.263 e. The SMILES string of the molecule is O=C(Nc1ncccc1OCc1ccncc1)c1cccn(Cc2ccccc2)c1=O. The van der Waals surface area contributed by atoms with Crippen molar-refractivity contribution >= 4 is 11.7 Å². The first-order valence-electron chi connectivity index (χ1n) is 9.72. The van der Waals surface area contributed by atoms with Crippen molar-refractivity contribution in [3.63, 3.8) is 0 Å². The second kappa shape index (κ2) is 9.49. The summed E-state index contributed by atoms with van der Waals surface area (Å²) >= 11 is 0. The van der Waals surface area contributed by atoms with Crippen LogP contribution in [0.25, 0.3) is 0 Å². The van der Waals surface area contributed by atoms with Gasteiger partial charge in [-0.1, -0.05) is 30.3 Å². The fourth-order valence-electron chi connectivity index (χ4n) is 3.03. The largest absolute Gasteiger partial charge is 0.485 e. The number of nitrogens with one attached hydrogen (secondary N) is 1. The third-order valence-corrected chi connectivity index (χ3v) is 4.61. The summed E-state index contributed by atoms with van der Waals surface area (Å²) in [6, 6.07) is 19.9. The molecule has 4 rings (SSSR count). The van der Waals surface area contributed by atoms with Crippen LogP contribution >= 0.6 is 0 Å². The van der Waals surface area contributed by atoms with Gasteiger partial charge in [0.1, 0.15) is 12.2 Å². The van der Waals surface area contributed by atoms with Crippen molar-refractivity contribution in [1.82, 2.24) is 14.5 Å². The normalized spacial score (nSPS) is 10.5. The van der Waals surface area contributed by atoms with Crippen molar-refractivity contribution in [3.05, 3.63) is 119 Å². The number of aromatic nitrogens is 3. The quantitative estimate of drug-likeness (QED) is 0.502. The van der Waals surface area contributed by atoms with Gasteiger partial charge in [0.25, 0.3) is 11.5 Å². The van der Waals surface area contributed by atoms with E-state index in [1.54, 1.807) is 43.0 Å². The lowest BCUT2D eigenvalue weighted by molar-refractivity contribution is 0.102. The zero-order valence-corrected chi connectivity index (χ0v) is 16.6. The average Bonchev–Trinajstić information content (AvgIpc) is 2.81. The highest BCUT2D eigenvalue weighted by molar-refractivity contribution is 6.04. The molecule has 0 aliphatic rings. The Balaban J connectivity index is 1.51. The van der Waals surface area contributed by atoms with Gasteiger partial charge in [0.05, 0.1) is 6.54 Å². The average molecular weight is 412 g/mol. The lowest BCUT2D eigenvalue weighted by atomic mass is 10.2. The molecule has 154 valence electrons. The van der Waals surface area contributed by atoms with Gasteiger partial charge in [-0.25, -0.2) is 4.98 Å². The van der Waals surface area contributed by atoms with Crippen LogP contribution in [0.5, 0.6) is 5.75 Å². The molecule has 3 heterocycles. The van der Waals surface area contributed by atoms with E-state index in [-0.39, 0.29) is 16.9 Å². The molecule has 4 aromatic rings. The number of pyridine rings is 3. The molecule has 0 bridgehead atoms. The van der Waals surface area contributed by atoms with Gasteiger partial charge in [-0.05, 0) is 47.5 Å². The van der Waals surface area contributed by atoms with E-state index < -0.39 is 5.91 Å². The van der Waals surface area contributed by atoms with Crippen LogP contribution in [0.1, 0.15) is 21.5 Å². The van der Waals surface area contributed by atoms with E-state index in [0.29, 0.717) is 18.9 Å². The van der Waals surface area contributed by atoms with Gasteiger partial charge >= 0.3 is 0 Å². The number of anilines is 1. The predicted molar refractivity (Wildman–Crippen MR) is 117 cm³/mol. The van der Waals surface area contributed by atoms with Crippen LogP contribution in [0.4, 0.5) is 5.82 Å². The lowest BCUT2D eigenvalue weighted by Crippen LogP contribution is -2.29. The second-order valence-electron chi connectivity index (χ2n) is 6.79. The van der Waals surface area contributed by atoms with Gasteiger partial charge in [-0.15, -0.1) is 0 Å². The number of carbonyl (C=O) groups is 1. The van der Waals surface area contributed by atoms with E-state index >= 15 is 0 Å². The van der Waals surface area contributed by atoms with Crippen molar-refractivity contribution in [2.45, 2.75) is 13.2 Å². The second-order valence-corrected chi connectivity index (χ2v) is 6.79. The molecule has 0 unspecified atom stereocenters. The Hall–Kier alpha value is -4.26. The van der Waals surface area contributed by atoms with E-state index in [1.807, 2.05) is 42.5 Å². The van der Waals surface area contributed by atoms with Crippen molar-refractivity contribution in [2.24, 2.45) is 0 Å². The van der Waals surface area contributed by atoms with Crippen LogP contribution in [-0.2, 0) is 13.2 Å². The molecule has 0 aliphatic carbocycles. The molecule has 0 fully saturated rings. The fraction of sp³-hybridized carbons (Fsp3) is 0.0833. The summed E-state index contributed by atoms with van der Waals surface area (Å²) in [5.74, 6) is 0.118. The number of hydrogen-bond donors (Lipinski definition) is 1. The molecule has 0 saturated carbocycles. The van der Waals surface area contributed by atoms with E-state index in [0.717, 1.165) is 11.1 Å². The van der Waals surface area contributed by atoms with E-state index in [4.69, 9.17) is 4.74 Å². The number of amides is 1. The van der Waals surface area contributed by atoms with Gasteiger partial charge in [-0.3, -0.25) is 14.6 Å². The molecule has 0 aliphatic heterocycles. The minimum absolute atomic E-state index is 0.0316. The number of hydrogen-bond acceptors (Lipinski definition) is 5. The van der Waals surface area contributed by atoms with Crippen molar-refractivity contribution < 1.29 is 9.53 Å². The highest BCUT2D eigenvalue weighted by atomic mass is 16.5. The zero-order valence-electron chi connectivity index (χ0n) is 16.6. The molecule has 7 nitrogen and oxygen atoms in total. The highest BCUT2D eigenvalue weighted by Crippen LogP contribution is 2.22. The fourth-order valence-corrected chi connectivity index (χ4v) is 3.03. The van der Waals surface area contributed by atoms with Gasteiger partial charge in [0.15, 0.2) is 11.6 Å². The molecule has 0 radical (unpaired) electrons. The first kappa shape index (κ1) is 20.0. The topological polar surface area (TPSA) is 86.1 Å². The Morgan fingerprint density at radius 2 is 1.71 bits per heavy atom. The molecule has 0 atom stereocenters. The van der Waals surface area contributed by atoms with Gasteiger partial charge < -0.3 is 14.6 Å². The summed E-state index contributed by atoms with van der Waals surface area (Å²) in [7, 11) is 0. The molecule has 0 spiro atoms. The summed E-state index contributed by atoms with van der Waals surface area (Å²) in [6.07, 6.45) is 6.57. The first-order chi connectivity index (χ1) is 15.2. The Kier molecular flexibility index (Phi) is 6.13. The van der Waals surface area contributed by atoms with E-state index in [2.05, 4.69) is 15.3 Å². The summed E-state index contributed by atoms with van der Waals surface area (Å²) in [5.41, 5.74) is 1.56. The maximum absolute atomic E-state index is 12.8. The number of rotatable bonds is 7. The highest BCUT2D eigenvalue weighted by Gasteiger charge is 2.15. The van der Waals surface area contributed by atoms with Crippen LogP contribution in [-0.4, -0.2) is 20.4 Å². The smallest absolute Gasteiger partial charge is 0.263 e. The minimum Gasteiger partial charge on any atom is -0.485 e. The first-order valence-corrected chi connectivity index (χ1v) is 9.72. The maximum atomic E-state index is 12.8. The molecule has 3 aromatic heterocycles. The van der Waals surface area contributed by atoms with Crippen LogP contribution in [0.3, 0.4) is 0 Å². The summed E-state index contributed by atoms with van der Waals surface area (Å²) in [6.45, 7) is 0.678. The number of ether oxygens (including phenoxy) is 1. The number of carbonyl (C=O) groups excluding carboxylic acids is 1.